The molecule has 260 valence electrons. The van der Waals surface area contributed by atoms with Crippen LogP contribution in [0.15, 0.2) is 158 Å². The van der Waals surface area contributed by atoms with Crippen LogP contribution in [0.5, 0.6) is 5.75 Å². The SMILES string of the molecule is CCCCC(CC)COc1ccc(N(c2ccc(C=Cc3ccccc3)cc2)c2ccc(C=Cc3ccc(C=Cc4ccccc4)cc3)cc2)cc1. The van der Waals surface area contributed by atoms with Crippen molar-refractivity contribution in [2.24, 2.45) is 5.92 Å². The van der Waals surface area contributed by atoms with Gasteiger partial charge in [0.15, 0.2) is 0 Å². The van der Waals surface area contributed by atoms with Gasteiger partial charge in [-0.2, -0.15) is 0 Å². The van der Waals surface area contributed by atoms with Crippen LogP contribution in [0.25, 0.3) is 36.5 Å². The van der Waals surface area contributed by atoms with Gasteiger partial charge in [0.05, 0.1) is 6.61 Å². The Morgan fingerprint density at radius 2 is 0.788 bits per heavy atom. The molecule has 0 heterocycles. The average Bonchev–Trinajstić information content (AvgIpc) is 3.21. The molecular weight excluding hydrogens is 631 g/mol. The number of ether oxygens (including phenoxy) is 1. The largest absolute Gasteiger partial charge is 0.493 e. The molecule has 1 atom stereocenters. The average molecular weight is 680 g/mol. The third-order valence-electron chi connectivity index (χ3n) is 9.37. The Balaban J connectivity index is 1.18. The molecule has 0 saturated carbocycles. The van der Waals surface area contributed by atoms with Gasteiger partial charge in [-0.15, -0.1) is 0 Å². The highest BCUT2D eigenvalue weighted by Crippen LogP contribution is 2.36. The number of hydrogen-bond acceptors (Lipinski definition) is 2. The summed E-state index contributed by atoms with van der Waals surface area (Å²) in [5.41, 5.74) is 10.3. The fourth-order valence-electron chi connectivity index (χ4n) is 6.14. The van der Waals surface area contributed by atoms with E-state index in [1.807, 2.05) is 12.1 Å². The summed E-state index contributed by atoms with van der Waals surface area (Å²) in [5.74, 6) is 1.51. The van der Waals surface area contributed by atoms with E-state index in [-0.39, 0.29) is 0 Å². The van der Waals surface area contributed by atoms with Crippen molar-refractivity contribution in [3.63, 3.8) is 0 Å². The molecular formula is C50H49NO. The smallest absolute Gasteiger partial charge is 0.119 e. The van der Waals surface area contributed by atoms with E-state index in [2.05, 4.69) is 201 Å². The number of benzene rings is 6. The number of unbranched alkanes of at least 4 members (excludes halogenated alkanes) is 1. The van der Waals surface area contributed by atoms with E-state index in [9.17, 15) is 0 Å². The minimum atomic E-state index is 0.597. The summed E-state index contributed by atoms with van der Waals surface area (Å²) < 4.78 is 6.26. The van der Waals surface area contributed by atoms with E-state index < -0.39 is 0 Å². The molecule has 0 amide bonds. The third kappa shape index (κ3) is 10.6. The van der Waals surface area contributed by atoms with Gasteiger partial charge < -0.3 is 9.64 Å². The molecule has 0 aliphatic rings. The lowest BCUT2D eigenvalue weighted by molar-refractivity contribution is 0.233. The Bertz CT molecular complexity index is 2010. The third-order valence-corrected chi connectivity index (χ3v) is 9.37. The Labute approximate surface area is 311 Å². The molecule has 0 radical (unpaired) electrons. The number of rotatable bonds is 16. The maximum atomic E-state index is 6.26. The highest BCUT2D eigenvalue weighted by atomic mass is 16.5. The molecule has 6 aromatic carbocycles. The molecule has 0 aliphatic carbocycles. The standard InChI is InChI=1S/C50H49NO/c1-3-5-12-40(4-2)39-52-50-37-35-49(36-38-50)51(47-31-27-45(28-32-47)20-18-42-15-10-7-11-16-42)48-33-29-46(30-34-48)26-25-44-23-21-43(22-24-44)19-17-41-13-8-6-9-14-41/h6-11,13-38,40H,3-5,12,39H2,1-2H3. The first kappa shape index (κ1) is 35.9. The van der Waals surface area contributed by atoms with Crippen LogP contribution in [0.2, 0.25) is 0 Å². The van der Waals surface area contributed by atoms with E-state index in [1.54, 1.807) is 0 Å². The van der Waals surface area contributed by atoms with Crippen molar-refractivity contribution >= 4 is 53.5 Å². The van der Waals surface area contributed by atoms with Gasteiger partial charge in [-0.3, -0.25) is 0 Å². The summed E-state index contributed by atoms with van der Waals surface area (Å²) in [5, 5.41) is 0. The number of nitrogens with zero attached hydrogens (tertiary/aromatic N) is 1. The van der Waals surface area contributed by atoms with Crippen LogP contribution in [0, 0.1) is 5.92 Å². The quantitative estimate of drug-likeness (QED) is 0.0944. The molecule has 0 spiro atoms. The first-order valence-corrected chi connectivity index (χ1v) is 18.6. The highest BCUT2D eigenvalue weighted by Gasteiger charge is 2.13. The molecule has 6 aromatic rings. The van der Waals surface area contributed by atoms with Crippen molar-refractivity contribution in [2.75, 3.05) is 11.5 Å². The molecule has 2 nitrogen and oxygen atoms in total. The minimum absolute atomic E-state index is 0.597. The maximum Gasteiger partial charge on any atom is 0.119 e. The molecule has 0 bridgehead atoms. The van der Waals surface area contributed by atoms with E-state index in [0.717, 1.165) is 47.0 Å². The number of hydrogen-bond donors (Lipinski definition) is 0. The summed E-state index contributed by atoms with van der Waals surface area (Å²) in [6.45, 7) is 5.28. The molecule has 52 heavy (non-hydrogen) atoms. The van der Waals surface area contributed by atoms with Gasteiger partial charge in [0.1, 0.15) is 5.75 Å². The maximum absolute atomic E-state index is 6.26. The van der Waals surface area contributed by atoms with Crippen molar-refractivity contribution in [1.82, 2.24) is 0 Å². The fraction of sp³-hybridized carbons (Fsp3) is 0.160. The van der Waals surface area contributed by atoms with Crippen LogP contribution in [0.4, 0.5) is 17.1 Å². The second kappa shape index (κ2) is 18.9. The minimum Gasteiger partial charge on any atom is -0.493 e. The zero-order valence-electron chi connectivity index (χ0n) is 30.4. The van der Waals surface area contributed by atoms with Gasteiger partial charge in [-0.1, -0.05) is 179 Å². The van der Waals surface area contributed by atoms with Crippen molar-refractivity contribution in [3.05, 3.63) is 191 Å². The van der Waals surface area contributed by atoms with Gasteiger partial charge >= 0.3 is 0 Å². The zero-order valence-corrected chi connectivity index (χ0v) is 30.4. The highest BCUT2D eigenvalue weighted by molar-refractivity contribution is 5.80. The first-order chi connectivity index (χ1) is 25.7. The van der Waals surface area contributed by atoms with Gasteiger partial charge in [0.2, 0.25) is 0 Å². The van der Waals surface area contributed by atoms with Crippen LogP contribution in [-0.4, -0.2) is 6.61 Å². The van der Waals surface area contributed by atoms with Crippen molar-refractivity contribution in [2.45, 2.75) is 39.5 Å². The summed E-state index contributed by atoms with van der Waals surface area (Å²) >= 11 is 0. The van der Waals surface area contributed by atoms with Crippen LogP contribution < -0.4 is 9.64 Å². The van der Waals surface area contributed by atoms with Crippen LogP contribution in [0.1, 0.15) is 72.9 Å². The summed E-state index contributed by atoms with van der Waals surface area (Å²) in [6.07, 6.45) is 17.8. The molecule has 0 aliphatic heterocycles. The van der Waals surface area contributed by atoms with Crippen molar-refractivity contribution in [3.8, 4) is 5.75 Å². The monoisotopic (exact) mass is 679 g/mol. The lowest BCUT2D eigenvalue weighted by Crippen LogP contribution is -2.12. The predicted octanol–water partition coefficient (Wildman–Crippen LogP) is 14.3. The lowest BCUT2D eigenvalue weighted by Gasteiger charge is -2.26. The first-order valence-electron chi connectivity index (χ1n) is 18.6. The zero-order chi connectivity index (χ0) is 35.8. The Morgan fingerprint density at radius 3 is 1.15 bits per heavy atom. The van der Waals surface area contributed by atoms with Gasteiger partial charge in [0, 0.05) is 17.1 Å². The molecule has 6 rings (SSSR count). The lowest BCUT2D eigenvalue weighted by atomic mass is 10.0. The van der Waals surface area contributed by atoms with E-state index in [4.69, 9.17) is 4.74 Å². The Kier molecular flexibility index (Phi) is 13.1. The summed E-state index contributed by atoms with van der Waals surface area (Å²) in [4.78, 5) is 2.31. The van der Waals surface area contributed by atoms with Gasteiger partial charge in [0.25, 0.3) is 0 Å². The molecule has 0 N–H and O–H groups in total. The predicted molar refractivity (Wildman–Crippen MR) is 226 cm³/mol. The van der Waals surface area contributed by atoms with E-state index in [1.165, 1.54) is 41.5 Å². The molecule has 1 unspecified atom stereocenters. The molecule has 0 saturated heterocycles. The second-order valence-electron chi connectivity index (χ2n) is 13.2. The van der Waals surface area contributed by atoms with E-state index >= 15 is 0 Å². The van der Waals surface area contributed by atoms with Crippen molar-refractivity contribution < 1.29 is 4.74 Å². The molecule has 0 fully saturated rings. The van der Waals surface area contributed by atoms with E-state index in [0.29, 0.717) is 5.92 Å². The number of anilines is 3. The Morgan fingerprint density at radius 1 is 0.442 bits per heavy atom. The normalized spacial score (nSPS) is 12.1. The van der Waals surface area contributed by atoms with Crippen LogP contribution in [-0.2, 0) is 0 Å². The van der Waals surface area contributed by atoms with Crippen LogP contribution >= 0.6 is 0 Å². The topological polar surface area (TPSA) is 12.5 Å². The van der Waals surface area contributed by atoms with Crippen molar-refractivity contribution in [1.29, 1.82) is 0 Å². The Hall–Kier alpha value is -5.86. The second-order valence-corrected chi connectivity index (χ2v) is 13.2. The molecule has 0 aromatic heterocycles. The van der Waals surface area contributed by atoms with Crippen LogP contribution in [0.3, 0.4) is 0 Å². The summed E-state index contributed by atoms with van der Waals surface area (Å²) in [7, 11) is 0. The fourth-order valence-corrected chi connectivity index (χ4v) is 6.14. The summed E-state index contributed by atoms with van der Waals surface area (Å²) in [6, 6.07) is 55.5. The van der Waals surface area contributed by atoms with Gasteiger partial charge in [-0.05, 0) is 94.3 Å². The molecule has 2 heteroatoms. The van der Waals surface area contributed by atoms with Gasteiger partial charge in [-0.25, -0.2) is 0 Å².